The van der Waals surface area contributed by atoms with Gasteiger partial charge in [0.2, 0.25) is 0 Å². The van der Waals surface area contributed by atoms with Crippen molar-refractivity contribution in [3.8, 4) is 11.5 Å². The smallest absolute Gasteiger partial charge is 0.329 e. The molecule has 0 aliphatic rings. The van der Waals surface area contributed by atoms with Crippen LogP contribution in [0.2, 0.25) is 0 Å². The number of nitrogens with zero attached hydrogens (tertiary/aromatic N) is 1. The van der Waals surface area contributed by atoms with E-state index < -0.39 is 29.3 Å². The first-order valence-electron chi connectivity index (χ1n) is 10.2. The summed E-state index contributed by atoms with van der Waals surface area (Å²) < 4.78 is 10.9. The predicted molar refractivity (Wildman–Crippen MR) is 119 cm³/mol. The minimum Gasteiger partial charge on any atom is -0.503 e. The highest BCUT2D eigenvalue weighted by Gasteiger charge is 2.34. The number of methoxy groups -OCH3 is 1. The topological polar surface area (TPSA) is 97.8 Å². The van der Waals surface area contributed by atoms with Gasteiger partial charge in [0.05, 0.1) is 7.11 Å². The molecular formula is C25H26N2O5. The van der Waals surface area contributed by atoms with Crippen molar-refractivity contribution < 1.29 is 24.2 Å². The fraction of sp³-hybridized carbons (Fsp3) is 0.240. The van der Waals surface area contributed by atoms with E-state index in [1.165, 1.54) is 26.3 Å². The third-order valence-corrected chi connectivity index (χ3v) is 5.12. The third-order valence-electron chi connectivity index (χ3n) is 5.12. The van der Waals surface area contributed by atoms with E-state index in [1.807, 2.05) is 67.6 Å². The standard InChI is InChI=1S/C25H26N2O5/c1-17(27-23(29)21-22(28)20(31-3)14-15-26-21)24(30)32-25(2,19-12-8-5-9-13-19)16-18-10-6-4-7-11-18/h4-15,17,28H,16H2,1-3H3,(H,27,29). The Bertz CT molecular complexity index is 1070. The van der Waals surface area contributed by atoms with Crippen molar-refractivity contribution in [3.63, 3.8) is 0 Å². The molecule has 0 spiro atoms. The second-order valence-corrected chi connectivity index (χ2v) is 7.59. The molecule has 7 heteroatoms. The lowest BCUT2D eigenvalue weighted by Crippen LogP contribution is -2.43. The van der Waals surface area contributed by atoms with E-state index >= 15 is 0 Å². The highest BCUT2D eigenvalue weighted by Crippen LogP contribution is 2.31. The molecule has 1 heterocycles. The number of rotatable bonds is 8. The zero-order valence-electron chi connectivity index (χ0n) is 18.2. The molecule has 0 bridgehead atoms. The minimum atomic E-state index is -0.978. The summed E-state index contributed by atoms with van der Waals surface area (Å²) in [5, 5.41) is 12.7. The molecule has 2 N–H and O–H groups in total. The van der Waals surface area contributed by atoms with Crippen LogP contribution < -0.4 is 10.1 Å². The number of hydrogen-bond donors (Lipinski definition) is 2. The van der Waals surface area contributed by atoms with Gasteiger partial charge in [0.25, 0.3) is 5.91 Å². The van der Waals surface area contributed by atoms with Crippen molar-refractivity contribution in [1.82, 2.24) is 10.3 Å². The van der Waals surface area contributed by atoms with E-state index in [9.17, 15) is 14.7 Å². The molecule has 1 amide bonds. The first-order chi connectivity index (χ1) is 15.3. The number of nitrogens with one attached hydrogen (secondary N) is 1. The fourth-order valence-electron chi connectivity index (χ4n) is 3.37. The molecule has 2 aromatic carbocycles. The molecule has 32 heavy (non-hydrogen) atoms. The van der Waals surface area contributed by atoms with E-state index in [1.54, 1.807) is 0 Å². The van der Waals surface area contributed by atoms with Crippen molar-refractivity contribution in [1.29, 1.82) is 0 Å². The van der Waals surface area contributed by atoms with Gasteiger partial charge in [0.1, 0.15) is 11.6 Å². The van der Waals surface area contributed by atoms with Gasteiger partial charge >= 0.3 is 5.97 Å². The van der Waals surface area contributed by atoms with Crippen LogP contribution >= 0.6 is 0 Å². The summed E-state index contributed by atoms with van der Waals surface area (Å²) in [5.41, 5.74) is 0.658. The molecule has 3 aromatic rings. The predicted octanol–water partition coefficient (Wildman–Crippen LogP) is 3.62. The van der Waals surface area contributed by atoms with Crippen molar-refractivity contribution in [2.45, 2.75) is 31.9 Å². The third kappa shape index (κ3) is 5.24. The van der Waals surface area contributed by atoms with Crippen LogP contribution in [0.25, 0.3) is 0 Å². The fourth-order valence-corrected chi connectivity index (χ4v) is 3.37. The average Bonchev–Trinajstić information content (AvgIpc) is 2.80. The number of aromatic hydroxyl groups is 1. The maximum Gasteiger partial charge on any atom is 0.329 e. The van der Waals surface area contributed by atoms with Gasteiger partial charge in [0.15, 0.2) is 17.2 Å². The first-order valence-corrected chi connectivity index (χ1v) is 10.2. The number of carbonyl (C=O) groups is 2. The summed E-state index contributed by atoms with van der Waals surface area (Å²) in [7, 11) is 1.37. The van der Waals surface area contributed by atoms with Crippen molar-refractivity contribution in [2.75, 3.05) is 7.11 Å². The summed E-state index contributed by atoms with van der Waals surface area (Å²) in [6.45, 7) is 3.36. The molecule has 0 aliphatic heterocycles. The van der Waals surface area contributed by atoms with Crippen molar-refractivity contribution >= 4 is 11.9 Å². The van der Waals surface area contributed by atoms with Crippen LogP contribution in [0.3, 0.4) is 0 Å². The van der Waals surface area contributed by atoms with Crippen molar-refractivity contribution in [2.24, 2.45) is 0 Å². The van der Waals surface area contributed by atoms with E-state index in [-0.39, 0.29) is 11.4 Å². The quantitative estimate of drug-likeness (QED) is 0.526. The molecule has 0 fully saturated rings. The Morgan fingerprint density at radius 3 is 2.31 bits per heavy atom. The first kappa shape index (κ1) is 22.8. The van der Waals surface area contributed by atoms with Gasteiger partial charge in [-0.1, -0.05) is 60.7 Å². The minimum absolute atomic E-state index is 0.111. The number of amides is 1. The summed E-state index contributed by atoms with van der Waals surface area (Å²) in [4.78, 5) is 29.4. The molecule has 0 radical (unpaired) electrons. The highest BCUT2D eigenvalue weighted by atomic mass is 16.6. The van der Waals surface area contributed by atoms with Gasteiger partial charge in [0, 0.05) is 18.7 Å². The summed E-state index contributed by atoms with van der Waals surface area (Å²) >= 11 is 0. The van der Waals surface area contributed by atoms with Crippen LogP contribution in [-0.2, 0) is 21.6 Å². The number of aromatic nitrogens is 1. The number of carbonyl (C=O) groups excluding carboxylic acids is 2. The zero-order chi connectivity index (χ0) is 23.1. The van der Waals surface area contributed by atoms with Crippen LogP contribution in [0.15, 0.2) is 72.9 Å². The number of benzene rings is 2. The van der Waals surface area contributed by atoms with Gasteiger partial charge in [-0.3, -0.25) is 4.79 Å². The van der Waals surface area contributed by atoms with Gasteiger partial charge in [-0.15, -0.1) is 0 Å². The molecule has 2 unspecified atom stereocenters. The van der Waals surface area contributed by atoms with Crippen LogP contribution in [0.5, 0.6) is 11.5 Å². The largest absolute Gasteiger partial charge is 0.503 e. The molecule has 7 nitrogen and oxygen atoms in total. The number of pyridine rings is 1. The molecule has 0 saturated heterocycles. The average molecular weight is 434 g/mol. The molecular weight excluding hydrogens is 408 g/mol. The number of ether oxygens (including phenoxy) is 2. The van der Waals surface area contributed by atoms with E-state index in [4.69, 9.17) is 9.47 Å². The van der Waals surface area contributed by atoms with Crippen LogP contribution in [0, 0.1) is 0 Å². The Hall–Kier alpha value is -3.87. The molecule has 2 atom stereocenters. The summed E-state index contributed by atoms with van der Waals surface area (Å²) in [6, 6.07) is 19.6. The Labute approximate surface area is 187 Å². The second-order valence-electron chi connectivity index (χ2n) is 7.59. The molecule has 0 saturated carbocycles. The van der Waals surface area contributed by atoms with Gasteiger partial charge < -0.3 is 19.9 Å². The Balaban J connectivity index is 1.78. The maximum absolute atomic E-state index is 13.0. The maximum atomic E-state index is 13.0. The van der Waals surface area contributed by atoms with Crippen LogP contribution in [0.4, 0.5) is 0 Å². The molecule has 0 aliphatic carbocycles. The Kier molecular flexibility index (Phi) is 7.10. The van der Waals surface area contributed by atoms with E-state index in [0.29, 0.717) is 6.42 Å². The highest BCUT2D eigenvalue weighted by molar-refractivity contribution is 5.97. The lowest BCUT2D eigenvalue weighted by atomic mass is 9.88. The second kappa shape index (κ2) is 9.96. The molecule has 166 valence electrons. The van der Waals surface area contributed by atoms with Gasteiger partial charge in [-0.25, -0.2) is 9.78 Å². The zero-order valence-corrected chi connectivity index (χ0v) is 18.2. The molecule has 3 rings (SSSR count). The van der Waals surface area contributed by atoms with E-state index in [2.05, 4.69) is 10.3 Å². The normalized spacial score (nSPS) is 13.5. The lowest BCUT2D eigenvalue weighted by Gasteiger charge is -2.31. The SMILES string of the molecule is COc1ccnc(C(=O)NC(C)C(=O)OC(C)(Cc2ccccc2)c2ccccc2)c1O. The van der Waals surface area contributed by atoms with Crippen LogP contribution in [0.1, 0.15) is 35.5 Å². The number of esters is 1. The van der Waals surface area contributed by atoms with Crippen molar-refractivity contribution in [3.05, 3.63) is 89.7 Å². The lowest BCUT2D eigenvalue weighted by molar-refractivity contribution is -0.161. The van der Waals surface area contributed by atoms with Gasteiger partial charge in [-0.05, 0) is 25.0 Å². The Morgan fingerprint density at radius 2 is 1.69 bits per heavy atom. The van der Waals surface area contributed by atoms with E-state index in [0.717, 1.165) is 11.1 Å². The van der Waals surface area contributed by atoms with Crippen LogP contribution in [-0.4, -0.2) is 35.1 Å². The monoisotopic (exact) mass is 434 g/mol. The Morgan fingerprint density at radius 1 is 1.06 bits per heavy atom. The summed E-state index contributed by atoms with van der Waals surface area (Å²) in [5.74, 6) is -1.61. The summed E-state index contributed by atoms with van der Waals surface area (Å²) in [6.07, 6.45) is 1.80. The van der Waals surface area contributed by atoms with Gasteiger partial charge in [-0.2, -0.15) is 0 Å². The number of hydrogen-bond acceptors (Lipinski definition) is 6. The molecule has 1 aromatic heterocycles.